The van der Waals surface area contributed by atoms with Crippen LogP contribution in [0.15, 0.2) is 18.2 Å². The van der Waals surface area contributed by atoms with Crippen molar-refractivity contribution in [3.63, 3.8) is 0 Å². The highest BCUT2D eigenvalue weighted by Gasteiger charge is 2.43. The van der Waals surface area contributed by atoms with Crippen LogP contribution in [0, 0.1) is 3.57 Å². The molecule has 0 spiro atoms. The Morgan fingerprint density at radius 2 is 2.19 bits per heavy atom. The Hall–Kier alpha value is -0.180. The molecule has 8 heteroatoms. The van der Waals surface area contributed by atoms with Crippen LogP contribution in [-0.4, -0.2) is 21.4 Å². The number of hydrogen-bond acceptors (Lipinski definition) is 4. The van der Waals surface area contributed by atoms with E-state index in [1.54, 1.807) is 12.1 Å². The van der Waals surface area contributed by atoms with Gasteiger partial charge in [0.05, 0.1) is 6.54 Å². The van der Waals surface area contributed by atoms with Gasteiger partial charge in [0.2, 0.25) is 5.79 Å². The molecule has 2 rings (SSSR count). The van der Waals surface area contributed by atoms with Gasteiger partial charge in [0.25, 0.3) is 0 Å². The molecular formula is C8H9INO5P. The molecule has 0 aliphatic carbocycles. The highest BCUT2D eigenvalue weighted by molar-refractivity contribution is 14.1. The van der Waals surface area contributed by atoms with E-state index < -0.39 is 13.6 Å². The number of phosphoric ester groups is 1. The quantitative estimate of drug-likeness (QED) is 0.358. The number of anilines is 1. The Balaban J connectivity index is 2.41. The lowest BCUT2D eigenvalue weighted by molar-refractivity contribution is -0.140. The summed E-state index contributed by atoms with van der Waals surface area (Å²) in [5.41, 5.74) is 0.944. The Morgan fingerprint density at radius 1 is 1.50 bits per heavy atom. The third kappa shape index (κ3) is 2.39. The molecule has 1 aliphatic heterocycles. The maximum Gasteiger partial charge on any atom is 0.472 e. The molecule has 4 N–H and O–H groups in total. The fourth-order valence-corrected chi connectivity index (χ4v) is 2.63. The van der Waals surface area contributed by atoms with Crippen molar-refractivity contribution in [3.8, 4) is 0 Å². The van der Waals surface area contributed by atoms with E-state index in [1.807, 2.05) is 28.7 Å². The van der Waals surface area contributed by atoms with Crippen LogP contribution in [-0.2, 0) is 14.9 Å². The number of halogens is 1. The number of aliphatic hydroxyl groups is 1. The Kier molecular flexibility index (Phi) is 3.02. The van der Waals surface area contributed by atoms with Gasteiger partial charge in [-0.15, -0.1) is 0 Å². The van der Waals surface area contributed by atoms with Gasteiger partial charge < -0.3 is 20.2 Å². The van der Waals surface area contributed by atoms with Crippen molar-refractivity contribution in [2.75, 3.05) is 11.9 Å². The van der Waals surface area contributed by atoms with Gasteiger partial charge in [-0.25, -0.2) is 9.09 Å². The summed E-state index contributed by atoms with van der Waals surface area (Å²) in [7, 11) is -4.74. The lowest BCUT2D eigenvalue weighted by Crippen LogP contribution is -2.30. The average molecular weight is 357 g/mol. The molecule has 1 atom stereocenters. The number of fused-ring (bicyclic) bond motifs is 1. The van der Waals surface area contributed by atoms with Crippen molar-refractivity contribution < 1.29 is 24.0 Å². The van der Waals surface area contributed by atoms with E-state index in [1.165, 1.54) is 0 Å². The largest absolute Gasteiger partial charge is 0.472 e. The number of benzene rings is 1. The van der Waals surface area contributed by atoms with Crippen LogP contribution in [0.25, 0.3) is 0 Å². The van der Waals surface area contributed by atoms with Gasteiger partial charge in [-0.05, 0) is 40.8 Å². The van der Waals surface area contributed by atoms with E-state index in [0.717, 1.165) is 3.57 Å². The monoisotopic (exact) mass is 357 g/mol. The SMILES string of the molecule is O=P(O)(O)OC1(O)CNc2ccc(I)cc21. The second-order valence-corrected chi connectivity index (χ2v) is 5.82. The highest BCUT2D eigenvalue weighted by atomic mass is 127. The molecule has 1 aromatic carbocycles. The topological polar surface area (TPSA) is 99.0 Å². The summed E-state index contributed by atoms with van der Waals surface area (Å²) in [6, 6.07) is 5.15. The molecule has 0 saturated heterocycles. The number of hydrogen-bond donors (Lipinski definition) is 4. The van der Waals surface area contributed by atoms with Crippen molar-refractivity contribution in [3.05, 3.63) is 27.3 Å². The van der Waals surface area contributed by atoms with Gasteiger partial charge >= 0.3 is 7.82 Å². The Bertz CT molecular complexity index is 475. The van der Waals surface area contributed by atoms with Crippen LogP contribution < -0.4 is 5.32 Å². The van der Waals surface area contributed by atoms with Gasteiger partial charge in [-0.3, -0.25) is 0 Å². The van der Waals surface area contributed by atoms with E-state index in [4.69, 9.17) is 9.79 Å². The van der Waals surface area contributed by atoms with Crippen LogP contribution in [0.5, 0.6) is 0 Å². The van der Waals surface area contributed by atoms with Crippen LogP contribution in [0.1, 0.15) is 5.56 Å². The third-order valence-electron chi connectivity index (χ3n) is 2.19. The third-order valence-corrected chi connectivity index (χ3v) is 3.40. The summed E-state index contributed by atoms with van der Waals surface area (Å²) in [5, 5.41) is 12.8. The van der Waals surface area contributed by atoms with Gasteiger partial charge in [0.15, 0.2) is 0 Å². The molecule has 1 heterocycles. The molecule has 0 saturated carbocycles. The van der Waals surface area contributed by atoms with Crippen molar-refractivity contribution in [1.82, 2.24) is 0 Å². The van der Waals surface area contributed by atoms with Gasteiger partial charge in [-0.2, -0.15) is 0 Å². The molecule has 0 fully saturated rings. The van der Waals surface area contributed by atoms with Crippen LogP contribution in [0.4, 0.5) is 5.69 Å². The summed E-state index contributed by atoms with van der Waals surface area (Å²) < 4.78 is 16.0. The van der Waals surface area contributed by atoms with E-state index in [0.29, 0.717) is 11.3 Å². The Morgan fingerprint density at radius 3 is 2.81 bits per heavy atom. The van der Waals surface area contributed by atoms with Crippen molar-refractivity contribution in [1.29, 1.82) is 0 Å². The molecule has 88 valence electrons. The molecule has 1 aliphatic rings. The fraction of sp³-hybridized carbons (Fsp3) is 0.250. The smallest absolute Gasteiger partial charge is 0.379 e. The molecule has 6 nitrogen and oxygen atoms in total. The number of phosphoric acid groups is 1. The molecule has 0 radical (unpaired) electrons. The first-order valence-corrected chi connectivity index (χ1v) is 6.94. The Labute approximate surface area is 105 Å². The normalized spacial score (nSPS) is 24.0. The molecular weight excluding hydrogens is 348 g/mol. The maximum absolute atomic E-state index is 10.8. The first kappa shape index (κ1) is 12.3. The second kappa shape index (κ2) is 3.94. The highest BCUT2D eigenvalue weighted by Crippen LogP contribution is 2.48. The van der Waals surface area contributed by atoms with E-state index >= 15 is 0 Å². The summed E-state index contributed by atoms with van der Waals surface area (Å²) in [6.07, 6.45) is 0. The van der Waals surface area contributed by atoms with Gasteiger partial charge in [0.1, 0.15) is 0 Å². The zero-order chi connectivity index (χ0) is 12.0. The molecule has 0 amide bonds. The van der Waals surface area contributed by atoms with Crippen LogP contribution >= 0.6 is 30.4 Å². The fourth-order valence-electron chi connectivity index (χ4n) is 1.58. The molecule has 0 aromatic heterocycles. The number of β-amino-alcohol motifs (C(OH)–C–C–N with tert-alkyl or cyclic N) is 1. The lowest BCUT2D eigenvalue weighted by Gasteiger charge is -2.23. The average Bonchev–Trinajstić information content (AvgIpc) is 2.41. The minimum absolute atomic E-state index is 0.0897. The van der Waals surface area contributed by atoms with Crippen molar-refractivity contribution in [2.45, 2.75) is 5.79 Å². The zero-order valence-electron chi connectivity index (χ0n) is 7.92. The maximum atomic E-state index is 10.8. The summed E-state index contributed by atoms with van der Waals surface area (Å²) in [6.45, 7) is -0.0897. The van der Waals surface area contributed by atoms with Gasteiger partial charge in [-0.1, -0.05) is 0 Å². The predicted octanol–water partition coefficient (Wildman–Crippen LogP) is 0.971. The summed E-state index contributed by atoms with van der Waals surface area (Å²) in [4.78, 5) is 17.5. The molecule has 1 aromatic rings. The molecule has 16 heavy (non-hydrogen) atoms. The minimum Gasteiger partial charge on any atom is -0.379 e. The van der Waals surface area contributed by atoms with Crippen molar-refractivity contribution in [2.24, 2.45) is 0 Å². The van der Waals surface area contributed by atoms with Crippen LogP contribution in [0.2, 0.25) is 0 Å². The zero-order valence-corrected chi connectivity index (χ0v) is 11.0. The van der Waals surface area contributed by atoms with E-state index in [2.05, 4.69) is 9.84 Å². The minimum atomic E-state index is -4.74. The predicted molar refractivity (Wildman–Crippen MR) is 64.7 cm³/mol. The first-order chi connectivity index (χ1) is 7.30. The second-order valence-electron chi connectivity index (χ2n) is 3.41. The number of rotatable bonds is 2. The van der Waals surface area contributed by atoms with E-state index in [9.17, 15) is 9.67 Å². The summed E-state index contributed by atoms with van der Waals surface area (Å²) >= 11 is 2.04. The molecule has 1 unspecified atom stereocenters. The van der Waals surface area contributed by atoms with Gasteiger partial charge in [0, 0.05) is 14.8 Å². The molecule has 0 bridgehead atoms. The number of nitrogens with one attached hydrogen (secondary N) is 1. The van der Waals surface area contributed by atoms with Crippen molar-refractivity contribution >= 4 is 36.1 Å². The van der Waals surface area contributed by atoms with Crippen LogP contribution in [0.3, 0.4) is 0 Å². The standard InChI is InChI=1S/C8H9INO5P/c9-5-1-2-7-6(3-5)8(11,4-10-7)15-16(12,13)14/h1-3,10-11H,4H2,(H2,12,13,14). The first-order valence-electron chi connectivity index (χ1n) is 4.33. The lowest BCUT2D eigenvalue weighted by atomic mass is 10.1. The summed E-state index contributed by atoms with van der Waals surface area (Å²) in [5.74, 6) is -1.98. The van der Waals surface area contributed by atoms with E-state index in [-0.39, 0.29) is 6.54 Å².